The van der Waals surface area contributed by atoms with Gasteiger partial charge in [-0.1, -0.05) is 50.2 Å². The quantitative estimate of drug-likeness (QED) is 0.661. The summed E-state index contributed by atoms with van der Waals surface area (Å²) in [5, 5.41) is 3.95. The molecule has 0 atom stereocenters. The topological polar surface area (TPSA) is 46.9 Å². The Morgan fingerprint density at radius 1 is 1.33 bits per heavy atom. The van der Waals surface area contributed by atoms with E-state index in [0.717, 1.165) is 22.7 Å². The molecule has 2 heterocycles. The molecule has 4 nitrogen and oxygen atoms in total. The largest absolute Gasteiger partial charge is 0.394 e. The van der Waals surface area contributed by atoms with E-state index < -0.39 is 0 Å². The van der Waals surface area contributed by atoms with Gasteiger partial charge in [0.25, 0.3) is 5.56 Å². The molecule has 0 saturated heterocycles. The summed E-state index contributed by atoms with van der Waals surface area (Å²) in [4.78, 5) is 17.3. The van der Waals surface area contributed by atoms with Crippen LogP contribution < -0.4 is 10.9 Å². The van der Waals surface area contributed by atoms with E-state index in [1.807, 2.05) is 13.8 Å². The summed E-state index contributed by atoms with van der Waals surface area (Å²) in [6.07, 6.45) is 4.94. The van der Waals surface area contributed by atoms with Gasteiger partial charge in [-0.05, 0) is 42.1 Å². The lowest BCUT2D eigenvalue weighted by molar-refractivity contribution is 0.885. The number of allylic oxidation sites excluding steroid dienone is 2. The molecule has 7 heteroatoms. The van der Waals surface area contributed by atoms with Crippen LogP contribution in [0.15, 0.2) is 70.7 Å². The fourth-order valence-corrected chi connectivity index (χ4v) is 3.21. The summed E-state index contributed by atoms with van der Waals surface area (Å²) in [5.41, 5.74) is 2.36. The van der Waals surface area contributed by atoms with E-state index in [9.17, 15) is 4.79 Å². The maximum Gasteiger partial charge on any atom is 0.272 e. The molecule has 1 aromatic carbocycles. The normalized spacial score (nSPS) is 11.8. The van der Waals surface area contributed by atoms with Gasteiger partial charge in [-0.25, -0.2) is 4.98 Å². The zero-order valence-corrected chi connectivity index (χ0v) is 18.0. The van der Waals surface area contributed by atoms with E-state index in [1.54, 1.807) is 49.9 Å². The van der Waals surface area contributed by atoms with Crippen LogP contribution in [0.5, 0.6) is 0 Å². The molecule has 1 aliphatic heterocycles. The van der Waals surface area contributed by atoms with Crippen molar-refractivity contribution in [1.29, 1.82) is 0 Å². The van der Waals surface area contributed by atoms with E-state index in [1.165, 1.54) is 16.3 Å². The van der Waals surface area contributed by atoms with Crippen LogP contribution in [-0.4, -0.2) is 22.4 Å². The second-order valence-electron chi connectivity index (χ2n) is 5.03. The highest BCUT2D eigenvalue weighted by Crippen LogP contribution is 2.33. The molecular weight excluding hydrogens is 401 g/mol. The van der Waals surface area contributed by atoms with Crippen LogP contribution in [0.3, 0.4) is 0 Å². The third kappa shape index (κ3) is 6.61. The summed E-state index contributed by atoms with van der Waals surface area (Å²) < 4.78 is 1.53. The van der Waals surface area contributed by atoms with Crippen molar-refractivity contribution in [3.8, 4) is 5.69 Å². The summed E-state index contributed by atoms with van der Waals surface area (Å²) in [5.74, 6) is 0.738. The lowest BCUT2D eigenvalue weighted by Crippen LogP contribution is -2.20. The number of halogens is 2. The summed E-state index contributed by atoms with van der Waals surface area (Å²) in [7, 11) is 1.80. The monoisotopic (exact) mass is 423 g/mol. The number of fused-ring (bicyclic) bond motifs is 1. The highest BCUT2D eigenvalue weighted by Gasteiger charge is 2.21. The molecule has 0 amide bonds. The van der Waals surface area contributed by atoms with Gasteiger partial charge in [-0.3, -0.25) is 9.36 Å². The van der Waals surface area contributed by atoms with E-state index in [4.69, 9.17) is 23.2 Å². The zero-order chi connectivity index (χ0) is 20.4. The zero-order valence-electron chi connectivity index (χ0n) is 15.6. The number of hydrogen-bond acceptors (Lipinski definition) is 4. The highest BCUT2D eigenvalue weighted by atomic mass is 35.5. The van der Waals surface area contributed by atoms with Gasteiger partial charge in [0, 0.05) is 22.9 Å². The Morgan fingerprint density at radius 2 is 1.96 bits per heavy atom. The lowest BCUT2D eigenvalue weighted by atomic mass is 10.2. The summed E-state index contributed by atoms with van der Waals surface area (Å²) >= 11 is 12.7. The van der Waals surface area contributed by atoms with Crippen molar-refractivity contribution in [3.63, 3.8) is 0 Å². The van der Waals surface area contributed by atoms with E-state index in [0.29, 0.717) is 15.0 Å². The first-order valence-electron chi connectivity index (χ1n) is 8.30. The van der Waals surface area contributed by atoms with Gasteiger partial charge in [0.2, 0.25) is 0 Å². The van der Waals surface area contributed by atoms with Crippen LogP contribution in [-0.2, 0) is 0 Å². The Labute approximate surface area is 174 Å². The SMILES string of the molecule is C=C(Cl)/C=C\NC.C=C1CSc2c1ncn(-c1ccc(Cl)cc1)c2=O.CC. The molecule has 3 rings (SSSR count). The van der Waals surface area contributed by atoms with Gasteiger partial charge in [0.1, 0.15) is 6.33 Å². The van der Waals surface area contributed by atoms with Crippen molar-refractivity contribution >= 4 is 40.5 Å². The number of rotatable bonds is 3. The third-order valence-corrected chi connectivity index (χ3v) is 4.72. The maximum absolute atomic E-state index is 12.3. The number of nitrogens with one attached hydrogen (secondary N) is 1. The van der Waals surface area contributed by atoms with Gasteiger partial charge in [0.15, 0.2) is 0 Å². The first kappa shape index (κ1) is 23.1. The predicted octanol–water partition coefficient (Wildman–Crippen LogP) is 5.50. The molecule has 0 bridgehead atoms. The molecule has 0 aliphatic carbocycles. The number of thioether (sulfide) groups is 1. The average Bonchev–Trinajstić information content (AvgIpc) is 3.05. The molecule has 0 saturated carbocycles. The van der Waals surface area contributed by atoms with Crippen LogP contribution in [0.2, 0.25) is 5.02 Å². The van der Waals surface area contributed by atoms with Crippen molar-refractivity contribution in [2.75, 3.05) is 12.8 Å². The molecule has 0 radical (unpaired) electrons. The number of nitrogens with zero attached hydrogens (tertiary/aromatic N) is 2. The second kappa shape index (κ2) is 11.7. The lowest BCUT2D eigenvalue weighted by Gasteiger charge is -2.06. The van der Waals surface area contributed by atoms with Crippen LogP contribution >= 0.6 is 35.0 Å². The summed E-state index contributed by atoms with van der Waals surface area (Å²) in [6, 6.07) is 7.10. The van der Waals surface area contributed by atoms with E-state index in [2.05, 4.69) is 23.5 Å². The second-order valence-corrected chi connectivity index (χ2v) is 6.94. The Balaban J connectivity index is 0.000000346. The van der Waals surface area contributed by atoms with Gasteiger partial charge in [-0.15, -0.1) is 11.8 Å². The molecule has 1 aliphatic rings. The first-order chi connectivity index (χ1) is 12.9. The van der Waals surface area contributed by atoms with Gasteiger partial charge >= 0.3 is 0 Å². The van der Waals surface area contributed by atoms with E-state index in [-0.39, 0.29) is 5.56 Å². The molecule has 2 aromatic rings. The van der Waals surface area contributed by atoms with Crippen molar-refractivity contribution in [2.45, 2.75) is 18.7 Å². The molecule has 1 N–H and O–H groups in total. The molecule has 0 fully saturated rings. The molecule has 144 valence electrons. The van der Waals surface area contributed by atoms with Crippen LogP contribution in [0.1, 0.15) is 19.5 Å². The minimum atomic E-state index is -0.0500. The fourth-order valence-electron chi connectivity index (χ4n) is 2.01. The van der Waals surface area contributed by atoms with Gasteiger partial charge in [-0.2, -0.15) is 0 Å². The van der Waals surface area contributed by atoms with Gasteiger partial charge < -0.3 is 5.32 Å². The average molecular weight is 424 g/mol. The predicted molar refractivity (Wildman–Crippen MR) is 119 cm³/mol. The van der Waals surface area contributed by atoms with Crippen LogP contribution in [0.25, 0.3) is 11.3 Å². The van der Waals surface area contributed by atoms with E-state index >= 15 is 0 Å². The molecule has 27 heavy (non-hydrogen) atoms. The van der Waals surface area contributed by atoms with Gasteiger partial charge in [0.05, 0.1) is 16.3 Å². The highest BCUT2D eigenvalue weighted by molar-refractivity contribution is 8.00. The Morgan fingerprint density at radius 3 is 2.48 bits per heavy atom. The number of aromatic nitrogens is 2. The van der Waals surface area contributed by atoms with Crippen molar-refractivity contribution in [2.24, 2.45) is 0 Å². The standard InChI is InChI=1S/C13H9ClN2OS.C5H8ClN.C2H6/c1-8-6-18-12-11(8)15-7-16(13(12)17)10-4-2-9(14)3-5-10;1-5(6)3-4-7-2;1-2/h2-5,7H,1,6H2;3-4,7H,1H2,2H3;1-2H3/b;4-3-;. The fraction of sp³-hybridized carbons (Fsp3) is 0.200. The van der Waals surface area contributed by atoms with Crippen LogP contribution in [0.4, 0.5) is 0 Å². The van der Waals surface area contributed by atoms with Crippen molar-refractivity contribution in [1.82, 2.24) is 14.9 Å². The minimum absolute atomic E-state index is 0.0500. The smallest absolute Gasteiger partial charge is 0.272 e. The summed E-state index contributed by atoms with van der Waals surface area (Å²) in [6.45, 7) is 11.3. The van der Waals surface area contributed by atoms with Crippen LogP contribution in [0, 0.1) is 0 Å². The molecule has 0 spiro atoms. The number of hydrogen-bond donors (Lipinski definition) is 1. The van der Waals surface area contributed by atoms with Crippen molar-refractivity contribution in [3.05, 3.63) is 82.1 Å². The molecule has 1 aromatic heterocycles. The Hall–Kier alpha value is -1.95. The Kier molecular flexibility index (Phi) is 10.0. The third-order valence-electron chi connectivity index (χ3n) is 3.19. The molecular formula is C20H23Cl2N3OS. The number of benzene rings is 1. The Bertz CT molecular complexity index is 874. The maximum atomic E-state index is 12.3. The minimum Gasteiger partial charge on any atom is -0.394 e. The first-order valence-corrected chi connectivity index (χ1v) is 10.0. The molecule has 0 unspecified atom stereocenters. The van der Waals surface area contributed by atoms with Crippen molar-refractivity contribution < 1.29 is 0 Å².